The molecule has 0 aromatic carbocycles. The van der Waals surface area contributed by atoms with Gasteiger partial charge in [0.2, 0.25) is 0 Å². The Bertz CT molecular complexity index is 783. The largest absolute Gasteiger partial charge is 0.393 e. The van der Waals surface area contributed by atoms with E-state index in [4.69, 9.17) is 9.47 Å². The van der Waals surface area contributed by atoms with Crippen LogP contribution < -0.4 is 0 Å². The zero-order valence-electron chi connectivity index (χ0n) is 18.5. The van der Waals surface area contributed by atoms with Crippen LogP contribution in [0.25, 0.3) is 0 Å². The summed E-state index contributed by atoms with van der Waals surface area (Å²) in [6.45, 7) is 5.82. The summed E-state index contributed by atoms with van der Waals surface area (Å²) < 4.78 is 11.5. The highest BCUT2D eigenvalue weighted by atomic mass is 32.2. The standard InChI is InChI=1S/C23H33NO6S/c1-12(7-17(26)15-5-6-20(31-4)24-10-15)8-18-22(28)21(27)16(11-29-18)9-19-23(30-19)13(2)14(3)25/h5-7,10,13-14,16,18-19,21-23,25,27-28H,8-9,11H2,1-4H3/b12-7+/t13-,14-,16-,18-,19-,21+,22-,23-/m0/s1. The number of aliphatic hydroxyl groups excluding tert-OH is 3. The number of nitrogens with zero attached hydrogens (tertiary/aromatic N) is 1. The molecule has 0 amide bonds. The van der Waals surface area contributed by atoms with Crippen molar-refractivity contribution >= 4 is 17.5 Å². The van der Waals surface area contributed by atoms with Crippen molar-refractivity contribution in [3.63, 3.8) is 0 Å². The third kappa shape index (κ3) is 6.15. The van der Waals surface area contributed by atoms with Crippen LogP contribution in [0, 0.1) is 11.8 Å². The summed E-state index contributed by atoms with van der Waals surface area (Å²) in [6, 6.07) is 3.55. The van der Waals surface area contributed by atoms with Gasteiger partial charge in [-0.25, -0.2) is 4.98 Å². The Morgan fingerprint density at radius 2 is 2.03 bits per heavy atom. The maximum absolute atomic E-state index is 12.4. The van der Waals surface area contributed by atoms with Gasteiger partial charge in [-0.1, -0.05) is 12.5 Å². The third-order valence-corrected chi connectivity index (χ3v) is 6.96. The van der Waals surface area contributed by atoms with E-state index in [0.29, 0.717) is 25.0 Å². The van der Waals surface area contributed by atoms with Crippen LogP contribution in [0.5, 0.6) is 0 Å². The minimum absolute atomic E-state index is 0.0160. The van der Waals surface area contributed by atoms with Crippen LogP contribution >= 0.6 is 11.8 Å². The monoisotopic (exact) mass is 451 g/mol. The van der Waals surface area contributed by atoms with Gasteiger partial charge in [0.15, 0.2) is 5.78 Å². The maximum Gasteiger partial charge on any atom is 0.187 e. The highest BCUT2D eigenvalue weighted by molar-refractivity contribution is 7.98. The number of aliphatic hydroxyl groups is 3. The molecular formula is C23H33NO6S. The van der Waals surface area contributed by atoms with Crippen LogP contribution in [0.2, 0.25) is 0 Å². The minimum Gasteiger partial charge on any atom is -0.393 e. The number of pyridine rings is 1. The smallest absolute Gasteiger partial charge is 0.187 e. The van der Waals surface area contributed by atoms with Gasteiger partial charge in [-0.2, -0.15) is 0 Å². The van der Waals surface area contributed by atoms with E-state index in [2.05, 4.69) is 4.98 Å². The van der Waals surface area contributed by atoms with Crippen LogP contribution in [0.4, 0.5) is 0 Å². The molecule has 3 rings (SSSR count). The van der Waals surface area contributed by atoms with Crippen molar-refractivity contribution in [3.05, 3.63) is 35.5 Å². The molecule has 0 aliphatic carbocycles. The van der Waals surface area contributed by atoms with E-state index in [-0.39, 0.29) is 29.8 Å². The van der Waals surface area contributed by atoms with Gasteiger partial charge in [-0.3, -0.25) is 4.79 Å². The molecule has 8 heteroatoms. The lowest BCUT2D eigenvalue weighted by molar-refractivity contribution is -0.165. The van der Waals surface area contributed by atoms with E-state index in [0.717, 1.165) is 10.6 Å². The number of ketones is 1. The van der Waals surface area contributed by atoms with Crippen molar-refractivity contribution in [2.24, 2.45) is 11.8 Å². The Morgan fingerprint density at radius 1 is 1.29 bits per heavy atom. The van der Waals surface area contributed by atoms with E-state index < -0.39 is 24.4 Å². The lowest BCUT2D eigenvalue weighted by atomic mass is 9.85. The van der Waals surface area contributed by atoms with Crippen LogP contribution in [-0.4, -0.2) is 75.6 Å². The number of aromatic nitrogens is 1. The first-order chi connectivity index (χ1) is 14.7. The summed E-state index contributed by atoms with van der Waals surface area (Å²) in [5.41, 5.74) is 1.28. The summed E-state index contributed by atoms with van der Waals surface area (Å²) in [6.07, 6.45) is 2.94. The molecule has 3 heterocycles. The van der Waals surface area contributed by atoms with Crippen molar-refractivity contribution in [3.8, 4) is 0 Å². The summed E-state index contributed by atoms with van der Waals surface area (Å²) in [5, 5.41) is 31.7. The molecular weight excluding hydrogens is 418 g/mol. The molecule has 8 atom stereocenters. The number of allylic oxidation sites excluding steroid dienone is 1. The number of hydrogen-bond donors (Lipinski definition) is 3. The molecule has 0 unspecified atom stereocenters. The second-order valence-corrected chi connectivity index (χ2v) is 9.56. The predicted octanol–water partition coefficient (Wildman–Crippen LogP) is 2.23. The van der Waals surface area contributed by atoms with Crippen molar-refractivity contribution < 1.29 is 29.6 Å². The van der Waals surface area contributed by atoms with E-state index in [1.54, 1.807) is 19.2 Å². The average Bonchev–Trinajstić information content (AvgIpc) is 3.51. The number of hydrogen-bond acceptors (Lipinski definition) is 8. The Kier molecular flexibility index (Phi) is 8.29. The van der Waals surface area contributed by atoms with Gasteiger partial charge in [-0.15, -0.1) is 11.8 Å². The fourth-order valence-corrected chi connectivity index (χ4v) is 4.40. The summed E-state index contributed by atoms with van der Waals surface area (Å²) >= 11 is 1.51. The van der Waals surface area contributed by atoms with Crippen LogP contribution in [0.3, 0.4) is 0 Å². The number of ether oxygens (including phenoxy) is 2. The minimum atomic E-state index is -1.04. The Balaban J connectivity index is 1.51. The first-order valence-electron chi connectivity index (χ1n) is 10.7. The molecule has 2 aliphatic rings. The number of epoxide rings is 1. The van der Waals surface area contributed by atoms with Crippen LogP contribution in [0.1, 0.15) is 44.0 Å². The van der Waals surface area contributed by atoms with Crippen LogP contribution in [0.15, 0.2) is 35.0 Å². The molecule has 1 aromatic heterocycles. The van der Waals surface area contributed by atoms with E-state index in [1.165, 1.54) is 17.8 Å². The van der Waals surface area contributed by atoms with E-state index >= 15 is 0 Å². The van der Waals surface area contributed by atoms with Gasteiger partial charge < -0.3 is 24.8 Å². The number of carbonyl (C=O) groups excluding carboxylic acids is 1. The van der Waals surface area contributed by atoms with Gasteiger partial charge >= 0.3 is 0 Å². The molecule has 0 bridgehead atoms. The quantitative estimate of drug-likeness (QED) is 0.227. The lowest BCUT2D eigenvalue weighted by Crippen LogP contribution is -2.50. The highest BCUT2D eigenvalue weighted by Gasteiger charge is 2.48. The first kappa shape index (κ1) is 24.4. The molecule has 0 spiro atoms. The topological polar surface area (TPSA) is 112 Å². The molecule has 2 saturated heterocycles. The van der Waals surface area contributed by atoms with E-state index in [1.807, 2.05) is 26.2 Å². The molecule has 3 N–H and O–H groups in total. The number of rotatable bonds is 9. The molecule has 2 fully saturated rings. The number of carbonyl (C=O) groups is 1. The van der Waals surface area contributed by atoms with Gasteiger partial charge in [0.25, 0.3) is 0 Å². The highest BCUT2D eigenvalue weighted by Crippen LogP contribution is 2.38. The molecule has 31 heavy (non-hydrogen) atoms. The number of thioether (sulfide) groups is 1. The summed E-state index contributed by atoms with van der Waals surface area (Å²) in [7, 11) is 0. The summed E-state index contributed by atoms with van der Waals surface area (Å²) in [4.78, 5) is 16.7. The molecule has 0 saturated carbocycles. The Hall–Kier alpha value is -1.29. The van der Waals surface area contributed by atoms with Crippen molar-refractivity contribution in [2.45, 2.75) is 75.3 Å². The second kappa shape index (κ2) is 10.6. The fourth-order valence-electron chi connectivity index (χ4n) is 4.04. The molecule has 2 aliphatic heterocycles. The maximum atomic E-state index is 12.4. The van der Waals surface area contributed by atoms with Crippen molar-refractivity contribution in [2.75, 3.05) is 12.9 Å². The third-order valence-electron chi connectivity index (χ3n) is 6.30. The van der Waals surface area contributed by atoms with E-state index in [9.17, 15) is 20.1 Å². The van der Waals surface area contributed by atoms with Gasteiger partial charge in [0.05, 0.1) is 42.2 Å². The molecule has 172 valence electrons. The van der Waals surface area contributed by atoms with Crippen molar-refractivity contribution in [1.29, 1.82) is 0 Å². The lowest BCUT2D eigenvalue weighted by Gasteiger charge is -2.38. The van der Waals surface area contributed by atoms with Crippen molar-refractivity contribution in [1.82, 2.24) is 4.98 Å². The Morgan fingerprint density at radius 3 is 2.65 bits per heavy atom. The van der Waals surface area contributed by atoms with Crippen LogP contribution in [-0.2, 0) is 9.47 Å². The molecule has 7 nitrogen and oxygen atoms in total. The fraction of sp³-hybridized carbons (Fsp3) is 0.652. The molecule has 0 radical (unpaired) electrons. The Labute approximate surface area is 187 Å². The zero-order chi connectivity index (χ0) is 22.7. The average molecular weight is 452 g/mol. The summed E-state index contributed by atoms with van der Waals surface area (Å²) in [5.74, 6) is -0.346. The second-order valence-electron chi connectivity index (χ2n) is 8.74. The normalized spacial score (nSPS) is 33.1. The predicted molar refractivity (Wildman–Crippen MR) is 118 cm³/mol. The molecule has 1 aromatic rings. The van der Waals surface area contributed by atoms with Gasteiger partial charge in [-0.05, 0) is 51.2 Å². The SMILES string of the molecule is CSc1ccc(C(=O)/C=C(\C)C[C@@H]2OC[C@H](C[C@@H]3O[C@H]3[C@@H](C)[C@H](C)O)[C@@H](O)[C@H]2O)cn1. The zero-order valence-corrected chi connectivity index (χ0v) is 19.3. The first-order valence-corrected chi connectivity index (χ1v) is 12.0. The van der Waals surface area contributed by atoms with Gasteiger partial charge in [0, 0.05) is 23.6 Å². The van der Waals surface area contributed by atoms with Gasteiger partial charge in [0.1, 0.15) is 6.10 Å².